The van der Waals surface area contributed by atoms with Crippen LogP contribution in [0.1, 0.15) is 38.5 Å². The maximum atomic E-state index is 12.8. The van der Waals surface area contributed by atoms with Crippen LogP contribution in [0.15, 0.2) is 29.2 Å². The zero-order chi connectivity index (χ0) is 15.1. The highest BCUT2D eigenvalue weighted by Gasteiger charge is 2.22. The summed E-state index contributed by atoms with van der Waals surface area (Å²) in [6.45, 7) is 0. The predicted octanol–water partition coefficient (Wildman–Crippen LogP) is 3.12. The maximum Gasteiger partial charge on any atom is 0.221 e. The zero-order valence-corrected chi connectivity index (χ0v) is 12.9. The minimum absolute atomic E-state index is 0.0180. The molecular formula is C16H22FNO2S. The van der Waals surface area contributed by atoms with Crippen LogP contribution in [0.5, 0.6) is 0 Å². The molecule has 1 aliphatic rings. The van der Waals surface area contributed by atoms with E-state index < -0.39 is 6.10 Å². The molecule has 2 rings (SSSR count). The van der Waals surface area contributed by atoms with Gasteiger partial charge in [0.25, 0.3) is 0 Å². The van der Waals surface area contributed by atoms with Gasteiger partial charge in [0, 0.05) is 17.1 Å². The number of hydrogen-bond acceptors (Lipinski definition) is 3. The summed E-state index contributed by atoms with van der Waals surface area (Å²) in [4.78, 5) is 12.9. The zero-order valence-electron chi connectivity index (χ0n) is 12.1. The Morgan fingerprint density at radius 3 is 2.71 bits per heavy atom. The first-order chi connectivity index (χ1) is 10.1. The molecule has 1 aromatic rings. The van der Waals surface area contributed by atoms with Crippen molar-refractivity contribution in [2.45, 2.75) is 55.6 Å². The van der Waals surface area contributed by atoms with Crippen molar-refractivity contribution in [3.63, 3.8) is 0 Å². The lowest BCUT2D eigenvalue weighted by atomic mass is 10.1. The van der Waals surface area contributed by atoms with Crippen molar-refractivity contribution in [2.75, 3.05) is 5.75 Å². The summed E-state index contributed by atoms with van der Waals surface area (Å²) >= 11 is 1.53. The van der Waals surface area contributed by atoms with E-state index in [0.717, 1.165) is 37.0 Å². The van der Waals surface area contributed by atoms with Gasteiger partial charge in [-0.1, -0.05) is 19.3 Å². The minimum Gasteiger partial charge on any atom is -0.391 e. The molecule has 2 unspecified atom stereocenters. The van der Waals surface area contributed by atoms with Gasteiger partial charge >= 0.3 is 0 Å². The minimum atomic E-state index is -0.416. The summed E-state index contributed by atoms with van der Waals surface area (Å²) in [7, 11) is 0. The number of amides is 1. The van der Waals surface area contributed by atoms with Gasteiger partial charge in [-0.15, -0.1) is 11.8 Å². The van der Waals surface area contributed by atoms with Crippen molar-refractivity contribution >= 4 is 17.7 Å². The molecule has 1 aliphatic carbocycles. The summed E-state index contributed by atoms with van der Waals surface area (Å²) in [5, 5.41) is 12.9. The highest BCUT2D eigenvalue weighted by Crippen LogP contribution is 2.20. The molecule has 2 atom stereocenters. The Morgan fingerprint density at radius 2 is 1.95 bits per heavy atom. The van der Waals surface area contributed by atoms with Gasteiger partial charge in [-0.3, -0.25) is 4.79 Å². The predicted molar refractivity (Wildman–Crippen MR) is 82.8 cm³/mol. The fourth-order valence-electron chi connectivity index (χ4n) is 2.53. The fourth-order valence-corrected chi connectivity index (χ4v) is 3.38. The first kappa shape index (κ1) is 16.3. The van der Waals surface area contributed by atoms with Crippen molar-refractivity contribution in [2.24, 2.45) is 0 Å². The van der Waals surface area contributed by atoms with Crippen LogP contribution in [0.25, 0.3) is 0 Å². The Balaban J connectivity index is 1.70. The number of aliphatic hydroxyl groups excluding tert-OH is 1. The maximum absolute atomic E-state index is 12.8. The number of carbonyl (C=O) groups excluding carboxylic acids is 1. The van der Waals surface area contributed by atoms with E-state index in [1.807, 2.05) is 0 Å². The number of aliphatic hydroxyl groups is 1. The second-order valence-corrected chi connectivity index (χ2v) is 6.60. The average Bonchev–Trinajstić information content (AvgIpc) is 2.66. The first-order valence-electron chi connectivity index (χ1n) is 7.51. The second kappa shape index (κ2) is 8.39. The standard InChI is InChI=1S/C16H22FNO2S/c17-12-6-8-13(9-7-12)21-11-10-16(20)18-14-4-2-1-3-5-15(14)19/h6-9,14-15,19H,1-5,10-11H2,(H,18,20). The van der Waals surface area contributed by atoms with E-state index in [2.05, 4.69) is 5.32 Å². The summed E-state index contributed by atoms with van der Waals surface area (Å²) in [6.07, 6.45) is 4.85. The largest absolute Gasteiger partial charge is 0.391 e. The van der Waals surface area contributed by atoms with Gasteiger partial charge in [0.1, 0.15) is 5.82 Å². The molecule has 0 aliphatic heterocycles. The van der Waals surface area contributed by atoms with Crippen LogP contribution in [0.4, 0.5) is 4.39 Å². The average molecular weight is 311 g/mol. The van der Waals surface area contributed by atoms with Gasteiger partial charge in [-0.25, -0.2) is 4.39 Å². The number of halogens is 1. The third-order valence-electron chi connectivity index (χ3n) is 3.74. The van der Waals surface area contributed by atoms with Gasteiger partial charge < -0.3 is 10.4 Å². The van der Waals surface area contributed by atoms with Crippen LogP contribution >= 0.6 is 11.8 Å². The molecule has 1 fully saturated rings. The lowest BCUT2D eigenvalue weighted by molar-refractivity contribution is -0.122. The normalized spacial score (nSPS) is 22.6. The molecular weight excluding hydrogens is 289 g/mol. The summed E-state index contributed by atoms with van der Waals surface area (Å²) < 4.78 is 12.8. The van der Waals surface area contributed by atoms with Crippen LogP contribution in [0, 0.1) is 5.82 Å². The Bertz CT molecular complexity index is 452. The third kappa shape index (κ3) is 5.67. The lowest BCUT2D eigenvalue weighted by Crippen LogP contribution is -2.42. The Morgan fingerprint density at radius 1 is 1.24 bits per heavy atom. The molecule has 0 aromatic heterocycles. The van der Waals surface area contributed by atoms with Crippen LogP contribution in [0.3, 0.4) is 0 Å². The molecule has 2 N–H and O–H groups in total. The van der Waals surface area contributed by atoms with Crippen LogP contribution in [0.2, 0.25) is 0 Å². The molecule has 3 nitrogen and oxygen atoms in total. The number of thioether (sulfide) groups is 1. The lowest BCUT2D eigenvalue weighted by Gasteiger charge is -2.21. The summed E-state index contributed by atoms with van der Waals surface area (Å²) in [6, 6.07) is 6.17. The molecule has 0 spiro atoms. The second-order valence-electron chi connectivity index (χ2n) is 5.43. The van der Waals surface area contributed by atoms with Crippen LogP contribution in [-0.4, -0.2) is 28.9 Å². The topological polar surface area (TPSA) is 49.3 Å². The van der Waals surface area contributed by atoms with Crippen LogP contribution in [-0.2, 0) is 4.79 Å². The molecule has 0 heterocycles. The molecule has 21 heavy (non-hydrogen) atoms. The van der Waals surface area contributed by atoms with E-state index in [4.69, 9.17) is 0 Å². The van der Waals surface area contributed by atoms with Gasteiger partial charge in [-0.05, 0) is 37.1 Å². The van der Waals surface area contributed by atoms with Crippen LogP contribution < -0.4 is 5.32 Å². The van der Waals surface area contributed by atoms with Gasteiger partial charge in [-0.2, -0.15) is 0 Å². The SMILES string of the molecule is O=C(CCSc1ccc(F)cc1)NC1CCCCCC1O. The molecule has 5 heteroatoms. The molecule has 116 valence electrons. The number of rotatable bonds is 5. The van der Waals surface area contributed by atoms with Gasteiger partial charge in [0.2, 0.25) is 5.91 Å². The molecule has 1 amide bonds. The van der Waals surface area contributed by atoms with E-state index in [1.165, 1.54) is 23.9 Å². The Kier molecular flexibility index (Phi) is 6.51. The van der Waals surface area contributed by atoms with Crippen molar-refractivity contribution in [1.82, 2.24) is 5.32 Å². The number of hydrogen-bond donors (Lipinski definition) is 2. The van der Waals surface area contributed by atoms with Gasteiger partial charge in [0.15, 0.2) is 0 Å². The monoisotopic (exact) mass is 311 g/mol. The molecule has 0 bridgehead atoms. The highest BCUT2D eigenvalue weighted by atomic mass is 32.2. The van der Waals surface area contributed by atoms with Crippen molar-refractivity contribution in [1.29, 1.82) is 0 Å². The first-order valence-corrected chi connectivity index (χ1v) is 8.49. The van der Waals surface area contributed by atoms with E-state index >= 15 is 0 Å². The molecule has 0 radical (unpaired) electrons. The van der Waals surface area contributed by atoms with E-state index in [0.29, 0.717) is 12.2 Å². The third-order valence-corrected chi connectivity index (χ3v) is 4.75. The quantitative estimate of drug-likeness (QED) is 0.649. The molecule has 1 aromatic carbocycles. The van der Waals surface area contributed by atoms with Gasteiger partial charge in [0.05, 0.1) is 12.1 Å². The van der Waals surface area contributed by atoms with Crippen molar-refractivity contribution < 1.29 is 14.3 Å². The molecule has 0 saturated heterocycles. The Labute approximate surface area is 129 Å². The highest BCUT2D eigenvalue weighted by molar-refractivity contribution is 7.99. The van der Waals surface area contributed by atoms with Crippen molar-refractivity contribution in [3.05, 3.63) is 30.1 Å². The number of benzene rings is 1. The Hall–Kier alpha value is -1.07. The van der Waals surface area contributed by atoms with E-state index in [1.54, 1.807) is 12.1 Å². The van der Waals surface area contributed by atoms with Crippen molar-refractivity contribution in [3.8, 4) is 0 Å². The smallest absolute Gasteiger partial charge is 0.221 e. The fraction of sp³-hybridized carbons (Fsp3) is 0.562. The van der Waals surface area contributed by atoms with E-state index in [9.17, 15) is 14.3 Å². The number of nitrogens with one attached hydrogen (secondary N) is 1. The summed E-state index contributed by atoms with van der Waals surface area (Å²) in [5.74, 6) is 0.385. The van der Waals surface area contributed by atoms with E-state index in [-0.39, 0.29) is 17.8 Å². The summed E-state index contributed by atoms with van der Waals surface area (Å²) in [5.41, 5.74) is 0. The molecule has 1 saturated carbocycles. The number of carbonyl (C=O) groups is 1.